The Bertz CT molecular complexity index is 1150. The molecule has 1 fully saturated rings. The van der Waals surface area contributed by atoms with Gasteiger partial charge in [-0.25, -0.2) is 4.98 Å². The second-order valence-electron chi connectivity index (χ2n) is 7.42. The number of fused-ring (bicyclic) bond motifs is 1. The molecular formula is C21H20N4O4S3. The van der Waals surface area contributed by atoms with Crippen LogP contribution in [0.3, 0.4) is 0 Å². The minimum Gasteiger partial charge on any atom is -0.369 e. The Morgan fingerprint density at radius 2 is 1.97 bits per heavy atom. The number of thiazole rings is 1. The summed E-state index contributed by atoms with van der Waals surface area (Å²) in [6.45, 7) is 1.77. The first-order chi connectivity index (χ1) is 15.3. The van der Waals surface area contributed by atoms with Crippen LogP contribution < -0.4 is 11.1 Å². The highest BCUT2D eigenvalue weighted by atomic mass is 32.2. The minimum atomic E-state index is -0.705. The Labute approximate surface area is 198 Å². The normalized spacial score (nSPS) is 19.9. The number of nitrogens with one attached hydrogen (secondary N) is 1. The van der Waals surface area contributed by atoms with E-state index in [1.807, 2.05) is 30.3 Å². The maximum atomic E-state index is 12.9. The van der Waals surface area contributed by atoms with Gasteiger partial charge in [0, 0.05) is 16.2 Å². The number of nitrogens with zero attached hydrogens (tertiary/aromatic N) is 2. The number of benzene rings is 1. The van der Waals surface area contributed by atoms with Crippen molar-refractivity contribution in [1.82, 2.24) is 15.2 Å². The summed E-state index contributed by atoms with van der Waals surface area (Å²) < 4.78 is 0. The van der Waals surface area contributed by atoms with Gasteiger partial charge in [0.05, 0.1) is 18.5 Å². The first kappa shape index (κ1) is 22.6. The summed E-state index contributed by atoms with van der Waals surface area (Å²) in [6.07, 6.45) is 0.233. The zero-order chi connectivity index (χ0) is 23.0. The van der Waals surface area contributed by atoms with E-state index in [0.717, 1.165) is 10.4 Å². The van der Waals surface area contributed by atoms with Gasteiger partial charge in [0.2, 0.25) is 16.9 Å². The van der Waals surface area contributed by atoms with Crippen molar-refractivity contribution in [2.24, 2.45) is 5.73 Å². The molecule has 8 nitrogen and oxygen atoms in total. The van der Waals surface area contributed by atoms with Crippen molar-refractivity contribution >= 4 is 64.1 Å². The van der Waals surface area contributed by atoms with E-state index in [0.29, 0.717) is 22.0 Å². The molecule has 0 radical (unpaired) electrons. The number of nitrogens with two attached hydrogens (primary N) is 1. The van der Waals surface area contributed by atoms with Crippen LogP contribution in [0.5, 0.6) is 0 Å². The zero-order valence-electron chi connectivity index (χ0n) is 17.0. The molecule has 4 rings (SSSR count). The number of carbonyl (C=O) groups excluding carboxylic acids is 4. The number of aryl methyl sites for hydroxylation is 1. The molecule has 0 bridgehead atoms. The fraction of sp³-hybridized carbons (Fsp3) is 0.286. The average molecular weight is 489 g/mol. The van der Waals surface area contributed by atoms with Crippen LogP contribution in [-0.2, 0) is 32.0 Å². The number of carbonyl (C=O) groups is 4. The van der Waals surface area contributed by atoms with Crippen LogP contribution in [0.25, 0.3) is 5.57 Å². The van der Waals surface area contributed by atoms with Crippen LogP contribution in [0.15, 0.2) is 36.0 Å². The molecule has 2 atom stereocenters. The van der Waals surface area contributed by atoms with Crippen LogP contribution in [0.1, 0.15) is 21.1 Å². The van der Waals surface area contributed by atoms with Crippen LogP contribution in [0.2, 0.25) is 0 Å². The number of primary amides is 1. The van der Waals surface area contributed by atoms with Crippen molar-refractivity contribution in [2.45, 2.75) is 31.2 Å². The van der Waals surface area contributed by atoms with E-state index in [9.17, 15) is 19.2 Å². The molecule has 0 unspecified atom stereocenters. The minimum absolute atomic E-state index is 0.0644. The van der Waals surface area contributed by atoms with Gasteiger partial charge < -0.3 is 11.1 Å². The van der Waals surface area contributed by atoms with Crippen molar-refractivity contribution < 1.29 is 19.2 Å². The molecular weight excluding hydrogens is 468 g/mol. The molecule has 0 saturated carbocycles. The predicted octanol–water partition coefficient (Wildman–Crippen LogP) is 1.29. The van der Waals surface area contributed by atoms with Gasteiger partial charge in [0.1, 0.15) is 22.1 Å². The van der Waals surface area contributed by atoms with E-state index in [4.69, 9.17) is 5.73 Å². The van der Waals surface area contributed by atoms with Crippen molar-refractivity contribution in [3.05, 3.63) is 57.2 Å². The lowest BCUT2D eigenvalue weighted by Gasteiger charge is -2.49. The van der Waals surface area contributed by atoms with Gasteiger partial charge in [0.15, 0.2) is 0 Å². The number of rotatable bonds is 7. The lowest BCUT2D eigenvalue weighted by atomic mass is 10.0. The summed E-state index contributed by atoms with van der Waals surface area (Å²) >= 11 is 6.72. The maximum absolute atomic E-state index is 12.9. The van der Waals surface area contributed by atoms with Crippen molar-refractivity contribution in [3.8, 4) is 0 Å². The number of thioether (sulfide) groups is 1. The molecule has 2 aromatic rings. The highest BCUT2D eigenvalue weighted by Crippen LogP contribution is 2.44. The number of amides is 3. The summed E-state index contributed by atoms with van der Waals surface area (Å²) in [6, 6.07) is 8.56. The molecule has 0 spiro atoms. The van der Waals surface area contributed by atoms with Crippen LogP contribution in [0, 0.1) is 6.92 Å². The molecule has 11 heteroatoms. The highest BCUT2D eigenvalue weighted by Gasteiger charge is 2.54. The number of hydrogen-bond acceptors (Lipinski definition) is 7. The van der Waals surface area contributed by atoms with Crippen LogP contribution >= 0.6 is 35.7 Å². The van der Waals surface area contributed by atoms with E-state index in [1.165, 1.54) is 28.0 Å². The Kier molecular flexibility index (Phi) is 6.40. The Balaban J connectivity index is 1.54. The monoisotopic (exact) mass is 488 g/mol. The van der Waals surface area contributed by atoms with Gasteiger partial charge in [-0.05, 0) is 12.5 Å². The Morgan fingerprint density at radius 1 is 1.25 bits per heavy atom. The zero-order valence-corrected chi connectivity index (χ0v) is 19.6. The van der Waals surface area contributed by atoms with Crippen molar-refractivity contribution in [1.29, 1.82) is 0 Å². The smallest absolute Gasteiger partial charge is 0.253 e. The van der Waals surface area contributed by atoms with E-state index in [2.05, 4.69) is 22.9 Å². The lowest BCUT2D eigenvalue weighted by Crippen LogP contribution is -2.70. The molecule has 0 aliphatic carbocycles. The second kappa shape index (κ2) is 9.08. The van der Waals surface area contributed by atoms with Gasteiger partial charge in [-0.3, -0.25) is 24.1 Å². The Morgan fingerprint density at radius 3 is 2.62 bits per heavy atom. The van der Waals surface area contributed by atoms with Crippen molar-refractivity contribution in [3.63, 3.8) is 0 Å². The van der Waals surface area contributed by atoms with E-state index in [-0.39, 0.29) is 35.7 Å². The molecule has 1 aromatic heterocycles. The number of β-lactam (4-membered cyclic amide) rings is 1. The fourth-order valence-corrected chi connectivity index (χ4v) is 6.46. The molecule has 2 aliphatic rings. The van der Waals surface area contributed by atoms with Crippen molar-refractivity contribution in [2.75, 3.05) is 5.75 Å². The summed E-state index contributed by atoms with van der Waals surface area (Å²) in [5.41, 5.74) is 7.58. The quantitative estimate of drug-likeness (QED) is 0.399. The molecule has 32 heavy (non-hydrogen) atoms. The largest absolute Gasteiger partial charge is 0.369 e. The topological polar surface area (TPSA) is 122 Å². The van der Waals surface area contributed by atoms with Crippen LogP contribution in [0.4, 0.5) is 0 Å². The third-order valence-corrected chi connectivity index (χ3v) is 7.89. The van der Waals surface area contributed by atoms with E-state index < -0.39 is 17.1 Å². The van der Waals surface area contributed by atoms with Gasteiger partial charge in [-0.2, -0.15) is 0 Å². The molecule has 2 aliphatic heterocycles. The molecule has 166 valence electrons. The lowest BCUT2D eigenvalue weighted by molar-refractivity contribution is -0.146. The van der Waals surface area contributed by atoms with Gasteiger partial charge in [0.25, 0.3) is 5.91 Å². The standard InChI is InChI=1S/C21H20N4O4S3/c1-10-13(8-14(22)26)32-18(23-10)12-9-31-20-16(19(28)25(20)17(12)21(29)30)24-15(27)7-11-5-3-2-4-6-11/h2-6,16,20H,7-9H2,1H3,(H2,22,26)(H,24,27)(H,29,30)/t16-,20-/m1/s1. The number of thiol groups is 1. The van der Waals surface area contributed by atoms with Crippen LogP contribution in [-0.4, -0.2) is 49.9 Å². The summed E-state index contributed by atoms with van der Waals surface area (Å²) in [4.78, 5) is 55.6. The SMILES string of the molecule is Cc1nc(C2=C(C(=O)S)N3C(=O)[C@@H](NC(=O)Cc4ccccc4)[C@H]3SC2)sc1CC(N)=O. The Hall–Kier alpha value is -2.63. The first-order valence-electron chi connectivity index (χ1n) is 9.75. The summed E-state index contributed by atoms with van der Waals surface area (Å²) in [5.74, 6) is -0.656. The predicted molar refractivity (Wildman–Crippen MR) is 126 cm³/mol. The molecule has 1 aromatic carbocycles. The third-order valence-electron chi connectivity index (χ3n) is 5.18. The first-order valence-corrected chi connectivity index (χ1v) is 12.1. The number of hydrogen-bond donors (Lipinski definition) is 3. The highest BCUT2D eigenvalue weighted by molar-refractivity contribution is 8.00. The molecule has 1 saturated heterocycles. The summed E-state index contributed by atoms with van der Waals surface area (Å²) in [5, 5.41) is 2.42. The maximum Gasteiger partial charge on any atom is 0.253 e. The van der Waals surface area contributed by atoms with Gasteiger partial charge in [-0.15, -0.1) is 23.1 Å². The second-order valence-corrected chi connectivity index (χ2v) is 10.0. The van der Waals surface area contributed by atoms with Gasteiger partial charge >= 0.3 is 0 Å². The van der Waals surface area contributed by atoms with Gasteiger partial charge in [-0.1, -0.05) is 43.0 Å². The summed E-state index contributed by atoms with van der Waals surface area (Å²) in [7, 11) is 0. The van der Waals surface area contributed by atoms with E-state index in [1.54, 1.807) is 6.92 Å². The third kappa shape index (κ3) is 4.32. The number of aromatic nitrogens is 1. The van der Waals surface area contributed by atoms with E-state index >= 15 is 0 Å². The molecule has 3 heterocycles. The fourth-order valence-electron chi connectivity index (χ4n) is 3.67. The molecule has 3 amide bonds. The molecule has 3 N–H and O–H groups in total. The average Bonchev–Trinajstić information content (AvgIpc) is 3.10.